The first-order valence-electron chi connectivity index (χ1n) is 6.83. The number of aryl methyl sites for hydroxylation is 1. The molecule has 1 aliphatic heterocycles. The van der Waals surface area contributed by atoms with Crippen LogP contribution in [-0.2, 0) is 0 Å². The number of nitrogens with one attached hydrogen (secondary N) is 2. The molecule has 0 atom stereocenters. The third-order valence-corrected chi connectivity index (χ3v) is 3.48. The van der Waals surface area contributed by atoms with Gasteiger partial charge in [0.15, 0.2) is 0 Å². The highest BCUT2D eigenvalue weighted by Gasteiger charge is 2.22. The highest BCUT2D eigenvalue weighted by Crippen LogP contribution is 2.17. The van der Waals surface area contributed by atoms with Gasteiger partial charge in [-0.3, -0.25) is 4.90 Å². The predicted octanol–water partition coefficient (Wildman–Crippen LogP) is 0.163. The molecule has 8 nitrogen and oxygen atoms in total. The van der Waals surface area contributed by atoms with Crippen molar-refractivity contribution >= 4 is 17.7 Å². The Morgan fingerprint density at radius 3 is 2.57 bits per heavy atom. The van der Waals surface area contributed by atoms with E-state index in [4.69, 9.17) is 10.2 Å². The highest BCUT2D eigenvalue weighted by molar-refractivity contribution is 5.99. The third-order valence-electron chi connectivity index (χ3n) is 3.48. The molecule has 116 valence electrons. The number of anilines is 1. The number of H-pyrrole nitrogens is 1. The maximum atomic E-state index is 12.2. The normalized spacial score (nSPS) is 16.0. The van der Waals surface area contributed by atoms with E-state index in [0.29, 0.717) is 38.4 Å². The summed E-state index contributed by atoms with van der Waals surface area (Å²) in [4.78, 5) is 29.7. The van der Waals surface area contributed by atoms with E-state index in [-0.39, 0.29) is 24.0 Å². The van der Waals surface area contributed by atoms with E-state index in [2.05, 4.69) is 15.2 Å². The second-order valence-corrected chi connectivity index (χ2v) is 5.03. The summed E-state index contributed by atoms with van der Waals surface area (Å²) in [5.74, 6) is -1.11. The largest absolute Gasteiger partial charge is 0.477 e. The van der Waals surface area contributed by atoms with Gasteiger partial charge in [-0.15, -0.1) is 0 Å². The van der Waals surface area contributed by atoms with Crippen molar-refractivity contribution in [2.75, 3.05) is 44.6 Å². The predicted molar refractivity (Wildman–Crippen MR) is 76.6 cm³/mol. The van der Waals surface area contributed by atoms with Gasteiger partial charge in [-0.25, -0.2) is 9.59 Å². The van der Waals surface area contributed by atoms with Crippen LogP contribution in [0.1, 0.15) is 16.2 Å². The lowest BCUT2D eigenvalue weighted by Gasteiger charge is -2.34. The van der Waals surface area contributed by atoms with E-state index in [9.17, 15) is 9.59 Å². The molecule has 21 heavy (non-hydrogen) atoms. The van der Waals surface area contributed by atoms with E-state index in [1.54, 1.807) is 17.9 Å². The van der Waals surface area contributed by atoms with Gasteiger partial charge in [0, 0.05) is 38.4 Å². The summed E-state index contributed by atoms with van der Waals surface area (Å²) in [5.41, 5.74) is 0.943. The molecule has 1 fully saturated rings. The Hall–Kier alpha value is -2.06. The second-order valence-electron chi connectivity index (χ2n) is 5.03. The van der Waals surface area contributed by atoms with E-state index >= 15 is 0 Å². The van der Waals surface area contributed by atoms with Crippen molar-refractivity contribution in [1.29, 1.82) is 0 Å². The zero-order valence-corrected chi connectivity index (χ0v) is 11.9. The number of β-amino-alcohol motifs (C(OH)–C–C–N with tert-alkyl or cyclic N) is 1. The van der Waals surface area contributed by atoms with Crippen LogP contribution in [0.2, 0.25) is 0 Å². The summed E-state index contributed by atoms with van der Waals surface area (Å²) in [5, 5.41) is 20.6. The minimum absolute atomic E-state index is 0.0141. The Morgan fingerprint density at radius 2 is 2.00 bits per heavy atom. The Labute approximate surface area is 122 Å². The lowest BCUT2D eigenvalue weighted by molar-refractivity contribution is 0.0692. The van der Waals surface area contributed by atoms with Crippen LogP contribution in [0.5, 0.6) is 0 Å². The van der Waals surface area contributed by atoms with Crippen molar-refractivity contribution in [3.63, 3.8) is 0 Å². The molecule has 0 bridgehead atoms. The first kappa shape index (κ1) is 15.3. The van der Waals surface area contributed by atoms with Crippen LogP contribution >= 0.6 is 0 Å². The number of piperazine rings is 1. The Kier molecular flexibility index (Phi) is 4.81. The van der Waals surface area contributed by atoms with E-state index in [1.807, 2.05) is 0 Å². The number of nitrogens with zero attached hydrogens (tertiary/aromatic N) is 2. The Bertz CT molecular complexity index is 520. The molecule has 2 heterocycles. The zero-order valence-electron chi connectivity index (χ0n) is 11.9. The fourth-order valence-electron chi connectivity index (χ4n) is 2.37. The lowest BCUT2D eigenvalue weighted by Crippen LogP contribution is -2.50. The molecular weight excluding hydrogens is 276 g/mol. The number of aromatic amines is 1. The number of aromatic nitrogens is 1. The summed E-state index contributed by atoms with van der Waals surface area (Å²) in [6.07, 6.45) is 0. The molecule has 1 aliphatic rings. The van der Waals surface area contributed by atoms with Gasteiger partial charge in [-0.05, 0) is 13.0 Å². The monoisotopic (exact) mass is 296 g/mol. The van der Waals surface area contributed by atoms with Gasteiger partial charge >= 0.3 is 12.0 Å². The Morgan fingerprint density at radius 1 is 1.33 bits per heavy atom. The maximum absolute atomic E-state index is 12.2. The van der Waals surface area contributed by atoms with Crippen LogP contribution in [0, 0.1) is 6.92 Å². The molecule has 0 aliphatic carbocycles. The van der Waals surface area contributed by atoms with Gasteiger partial charge in [0.25, 0.3) is 0 Å². The molecule has 8 heteroatoms. The smallest absolute Gasteiger partial charge is 0.354 e. The summed E-state index contributed by atoms with van der Waals surface area (Å²) < 4.78 is 0. The van der Waals surface area contributed by atoms with Crippen LogP contribution in [-0.4, -0.2) is 76.3 Å². The number of carboxylic acids is 1. The zero-order chi connectivity index (χ0) is 15.4. The number of amides is 2. The van der Waals surface area contributed by atoms with Crippen LogP contribution in [0.4, 0.5) is 10.5 Å². The van der Waals surface area contributed by atoms with Gasteiger partial charge in [0.05, 0.1) is 12.3 Å². The number of aliphatic hydroxyl groups is 1. The number of aromatic carboxylic acids is 1. The van der Waals surface area contributed by atoms with Crippen molar-refractivity contribution in [2.24, 2.45) is 0 Å². The molecule has 1 aromatic rings. The van der Waals surface area contributed by atoms with E-state index in [0.717, 1.165) is 0 Å². The number of rotatable bonds is 4. The molecule has 0 unspecified atom stereocenters. The minimum Gasteiger partial charge on any atom is -0.477 e. The molecule has 0 saturated carbocycles. The first-order valence-corrected chi connectivity index (χ1v) is 6.83. The molecule has 0 aromatic carbocycles. The van der Waals surface area contributed by atoms with Gasteiger partial charge in [0.2, 0.25) is 0 Å². The van der Waals surface area contributed by atoms with Crippen molar-refractivity contribution in [3.05, 3.63) is 17.5 Å². The lowest BCUT2D eigenvalue weighted by atomic mass is 10.3. The molecule has 2 rings (SSSR count). The average Bonchev–Trinajstić information content (AvgIpc) is 2.81. The molecule has 1 saturated heterocycles. The number of carboxylic acid groups (broad SMARTS) is 1. The molecule has 0 spiro atoms. The van der Waals surface area contributed by atoms with E-state index < -0.39 is 5.97 Å². The molecule has 2 amide bonds. The molecular formula is C13H20N4O4. The van der Waals surface area contributed by atoms with Crippen LogP contribution < -0.4 is 5.32 Å². The van der Waals surface area contributed by atoms with Crippen molar-refractivity contribution in [3.8, 4) is 0 Å². The van der Waals surface area contributed by atoms with E-state index in [1.165, 1.54) is 0 Å². The van der Waals surface area contributed by atoms with Crippen molar-refractivity contribution < 1.29 is 19.8 Å². The van der Waals surface area contributed by atoms with Gasteiger partial charge in [-0.2, -0.15) is 0 Å². The number of hydrogen-bond donors (Lipinski definition) is 4. The van der Waals surface area contributed by atoms with Crippen LogP contribution in [0.15, 0.2) is 6.07 Å². The molecule has 1 aromatic heterocycles. The number of aliphatic hydroxyl groups excluding tert-OH is 1. The summed E-state index contributed by atoms with van der Waals surface area (Å²) >= 11 is 0. The third kappa shape index (κ3) is 3.73. The fourth-order valence-corrected chi connectivity index (χ4v) is 2.37. The average molecular weight is 296 g/mol. The fraction of sp³-hybridized carbons (Fsp3) is 0.538. The second kappa shape index (κ2) is 6.59. The number of urea groups is 1. The van der Waals surface area contributed by atoms with Crippen molar-refractivity contribution in [1.82, 2.24) is 14.8 Å². The quantitative estimate of drug-likeness (QED) is 0.633. The highest BCUT2D eigenvalue weighted by atomic mass is 16.4. The molecule has 4 N–H and O–H groups in total. The van der Waals surface area contributed by atoms with Gasteiger partial charge in [-0.1, -0.05) is 0 Å². The summed E-state index contributed by atoms with van der Waals surface area (Å²) in [6.45, 7) is 4.95. The number of carbonyl (C=O) groups is 2. The maximum Gasteiger partial charge on any atom is 0.354 e. The number of carbonyl (C=O) groups excluding carboxylic acids is 1. The standard InChI is InChI=1S/C13H20N4O4/c1-9-8-10(11(14-9)12(19)20)15-13(21)17-4-2-16(3-5-17)6-7-18/h8,14,18H,2-7H2,1H3,(H,15,21)(H,19,20). The Balaban J connectivity index is 1.95. The minimum atomic E-state index is -1.11. The summed E-state index contributed by atoms with van der Waals surface area (Å²) in [7, 11) is 0. The van der Waals surface area contributed by atoms with Crippen molar-refractivity contribution in [2.45, 2.75) is 6.92 Å². The first-order chi connectivity index (χ1) is 10.0. The molecule has 0 radical (unpaired) electrons. The van der Waals surface area contributed by atoms with Gasteiger partial charge < -0.3 is 25.4 Å². The van der Waals surface area contributed by atoms with Gasteiger partial charge in [0.1, 0.15) is 5.69 Å². The topological polar surface area (TPSA) is 109 Å². The summed E-state index contributed by atoms with van der Waals surface area (Å²) in [6, 6.07) is 1.30. The van der Waals surface area contributed by atoms with Crippen LogP contribution in [0.25, 0.3) is 0 Å². The number of hydrogen-bond acceptors (Lipinski definition) is 4. The van der Waals surface area contributed by atoms with Crippen LogP contribution in [0.3, 0.4) is 0 Å². The SMILES string of the molecule is Cc1cc(NC(=O)N2CCN(CCO)CC2)c(C(=O)O)[nH]1.